The molecule has 29 heavy (non-hydrogen) atoms. The molecule has 0 bridgehead atoms. The molecule has 2 heterocycles. The Morgan fingerprint density at radius 1 is 1.28 bits per heavy atom. The molecule has 0 aliphatic carbocycles. The molecular formula is C21H28ClN3O3S. The first-order valence-corrected chi connectivity index (χ1v) is 11.1. The lowest BCUT2D eigenvalue weighted by atomic mass is 10.1. The van der Waals surface area contributed by atoms with E-state index in [-0.39, 0.29) is 17.4 Å². The summed E-state index contributed by atoms with van der Waals surface area (Å²) in [6, 6.07) is 5.73. The summed E-state index contributed by atoms with van der Waals surface area (Å²) >= 11 is 8.08. The highest BCUT2D eigenvalue weighted by Crippen LogP contribution is 2.35. The number of benzene rings is 1. The summed E-state index contributed by atoms with van der Waals surface area (Å²) in [7, 11) is 0. The lowest BCUT2D eigenvalue weighted by Crippen LogP contribution is -2.39. The van der Waals surface area contributed by atoms with E-state index >= 15 is 0 Å². The minimum Gasteiger partial charge on any atom is -0.444 e. The molecule has 0 saturated carbocycles. The number of halogens is 1. The molecule has 1 aromatic rings. The minimum absolute atomic E-state index is 0.0552. The quantitative estimate of drug-likeness (QED) is 0.697. The molecular weight excluding hydrogens is 410 g/mol. The van der Waals surface area contributed by atoms with Gasteiger partial charge < -0.3 is 19.9 Å². The van der Waals surface area contributed by atoms with Crippen molar-refractivity contribution in [3.8, 4) is 0 Å². The largest absolute Gasteiger partial charge is 0.444 e. The summed E-state index contributed by atoms with van der Waals surface area (Å²) in [6.45, 7) is 10.2. The van der Waals surface area contributed by atoms with Crippen LogP contribution in [0, 0.1) is 0 Å². The molecule has 1 N–H and O–H groups in total. The number of rotatable bonds is 2. The second-order valence-corrected chi connectivity index (χ2v) is 10.0. The van der Waals surface area contributed by atoms with E-state index in [0.29, 0.717) is 29.6 Å². The smallest absolute Gasteiger partial charge is 0.410 e. The van der Waals surface area contributed by atoms with E-state index in [2.05, 4.69) is 10.2 Å². The maximum Gasteiger partial charge on any atom is 0.410 e. The zero-order valence-corrected chi connectivity index (χ0v) is 18.9. The van der Waals surface area contributed by atoms with E-state index in [0.717, 1.165) is 24.2 Å². The second-order valence-electron chi connectivity index (χ2n) is 8.23. The van der Waals surface area contributed by atoms with Crippen molar-refractivity contribution in [2.75, 3.05) is 31.1 Å². The van der Waals surface area contributed by atoms with Crippen molar-refractivity contribution >= 4 is 47.1 Å². The molecule has 0 spiro atoms. The standard InChI is InChI=1S/C21H28ClN3O3S/c1-14-23-19(26)17(29-14)13-15-7-5-8-16(22)18(15)24-9-6-10-25(12-11-24)20(27)28-21(2,3)4/h5,7-8,13-14H,6,9-12H2,1-4H3,(H,23,26)/b17-13-. The molecule has 0 radical (unpaired) electrons. The molecule has 2 saturated heterocycles. The fourth-order valence-corrected chi connectivity index (χ4v) is 4.61. The zero-order chi connectivity index (χ0) is 21.2. The Hall–Kier alpha value is -1.86. The predicted octanol–water partition coefficient (Wildman–Crippen LogP) is 4.34. The molecule has 8 heteroatoms. The molecule has 2 aliphatic rings. The number of hydrogen-bond donors (Lipinski definition) is 1. The fourth-order valence-electron chi connectivity index (χ4n) is 3.40. The van der Waals surface area contributed by atoms with Gasteiger partial charge >= 0.3 is 6.09 Å². The predicted molar refractivity (Wildman–Crippen MR) is 119 cm³/mol. The van der Waals surface area contributed by atoms with Crippen LogP contribution in [0.2, 0.25) is 5.02 Å². The van der Waals surface area contributed by atoms with Crippen LogP contribution in [0.1, 0.15) is 39.7 Å². The number of thioether (sulfide) groups is 1. The van der Waals surface area contributed by atoms with E-state index in [9.17, 15) is 9.59 Å². The summed E-state index contributed by atoms with van der Waals surface area (Å²) in [5.41, 5.74) is 1.30. The highest BCUT2D eigenvalue weighted by Gasteiger charge is 2.27. The number of carbonyl (C=O) groups is 2. The van der Waals surface area contributed by atoms with Crippen LogP contribution < -0.4 is 10.2 Å². The van der Waals surface area contributed by atoms with Gasteiger partial charge in [0, 0.05) is 31.7 Å². The van der Waals surface area contributed by atoms with Gasteiger partial charge in [-0.1, -0.05) is 35.5 Å². The van der Waals surface area contributed by atoms with E-state index in [1.54, 1.807) is 4.90 Å². The monoisotopic (exact) mass is 437 g/mol. The average Bonchev–Trinajstić information content (AvgIpc) is 2.81. The summed E-state index contributed by atoms with van der Waals surface area (Å²) < 4.78 is 5.52. The summed E-state index contributed by atoms with van der Waals surface area (Å²) in [5.74, 6) is -0.0552. The van der Waals surface area contributed by atoms with Crippen molar-refractivity contribution in [2.24, 2.45) is 0 Å². The number of amides is 2. The van der Waals surface area contributed by atoms with Crippen LogP contribution in [-0.4, -0.2) is 54.1 Å². The zero-order valence-electron chi connectivity index (χ0n) is 17.3. The van der Waals surface area contributed by atoms with Gasteiger partial charge in [0.1, 0.15) is 5.60 Å². The molecule has 6 nitrogen and oxygen atoms in total. The molecule has 1 aromatic carbocycles. The van der Waals surface area contributed by atoms with Gasteiger partial charge in [0.25, 0.3) is 5.91 Å². The number of carbonyl (C=O) groups excluding carboxylic acids is 2. The topological polar surface area (TPSA) is 61.9 Å². The highest BCUT2D eigenvalue weighted by molar-refractivity contribution is 8.05. The lowest BCUT2D eigenvalue weighted by molar-refractivity contribution is -0.116. The fraction of sp³-hybridized carbons (Fsp3) is 0.524. The highest BCUT2D eigenvalue weighted by atomic mass is 35.5. The summed E-state index contributed by atoms with van der Waals surface area (Å²) in [6.07, 6.45) is 2.43. The van der Waals surface area contributed by atoms with Crippen LogP contribution in [0.15, 0.2) is 23.1 Å². The molecule has 2 aliphatic heterocycles. The van der Waals surface area contributed by atoms with Crippen LogP contribution in [0.5, 0.6) is 0 Å². The van der Waals surface area contributed by atoms with Gasteiger partial charge in [0.05, 0.1) is 21.0 Å². The van der Waals surface area contributed by atoms with E-state index in [4.69, 9.17) is 16.3 Å². The van der Waals surface area contributed by atoms with E-state index < -0.39 is 5.60 Å². The van der Waals surface area contributed by atoms with E-state index in [1.807, 2.05) is 52.0 Å². The van der Waals surface area contributed by atoms with Gasteiger partial charge in [-0.25, -0.2) is 4.79 Å². The Bertz CT molecular complexity index is 822. The second kappa shape index (κ2) is 8.88. The first kappa shape index (κ1) is 21.8. The van der Waals surface area contributed by atoms with Crippen molar-refractivity contribution in [1.29, 1.82) is 0 Å². The average molecular weight is 438 g/mol. The third-order valence-electron chi connectivity index (χ3n) is 4.63. The first-order valence-electron chi connectivity index (χ1n) is 9.84. The Morgan fingerprint density at radius 2 is 2.03 bits per heavy atom. The molecule has 1 unspecified atom stereocenters. The Labute approximate surface area is 181 Å². The summed E-state index contributed by atoms with van der Waals surface area (Å²) in [4.78, 5) is 29.2. The molecule has 0 aromatic heterocycles. The normalized spacial score (nSPS) is 21.9. The van der Waals surface area contributed by atoms with Crippen LogP contribution in [-0.2, 0) is 9.53 Å². The molecule has 2 fully saturated rings. The third-order valence-corrected chi connectivity index (χ3v) is 5.96. The maximum absolute atomic E-state index is 12.4. The number of para-hydroxylation sites is 1. The Morgan fingerprint density at radius 3 is 2.69 bits per heavy atom. The number of ether oxygens (including phenoxy) is 1. The Kier molecular flexibility index (Phi) is 6.69. The van der Waals surface area contributed by atoms with Crippen molar-refractivity contribution < 1.29 is 14.3 Å². The molecule has 1 atom stereocenters. The molecule has 158 valence electrons. The lowest BCUT2D eigenvalue weighted by Gasteiger charge is -2.28. The Balaban J connectivity index is 1.80. The van der Waals surface area contributed by atoms with Gasteiger partial charge in [-0.15, -0.1) is 0 Å². The number of nitrogens with zero attached hydrogens (tertiary/aromatic N) is 2. The minimum atomic E-state index is -0.512. The third kappa shape index (κ3) is 5.60. The van der Waals surface area contributed by atoms with Crippen molar-refractivity contribution in [3.05, 3.63) is 33.7 Å². The van der Waals surface area contributed by atoms with Crippen molar-refractivity contribution in [1.82, 2.24) is 10.2 Å². The van der Waals surface area contributed by atoms with Gasteiger partial charge in [-0.3, -0.25) is 4.79 Å². The molecule has 2 amide bonds. The number of nitrogens with one attached hydrogen (secondary N) is 1. The van der Waals surface area contributed by atoms with Crippen molar-refractivity contribution in [2.45, 2.75) is 45.1 Å². The van der Waals surface area contributed by atoms with Gasteiger partial charge in [-0.05, 0) is 46.3 Å². The van der Waals surface area contributed by atoms with Gasteiger partial charge in [0.15, 0.2) is 0 Å². The SMILES string of the molecule is CC1NC(=O)/C(=C/c2cccc(Cl)c2N2CCCN(C(=O)OC(C)(C)C)CC2)S1. The number of anilines is 1. The maximum atomic E-state index is 12.4. The molecule has 3 rings (SSSR count). The van der Waals surface area contributed by atoms with Crippen LogP contribution in [0.25, 0.3) is 6.08 Å². The number of hydrogen-bond acceptors (Lipinski definition) is 5. The van der Waals surface area contributed by atoms with E-state index in [1.165, 1.54) is 11.8 Å². The van der Waals surface area contributed by atoms with Crippen LogP contribution in [0.3, 0.4) is 0 Å². The first-order chi connectivity index (χ1) is 13.6. The van der Waals surface area contributed by atoms with Gasteiger partial charge in [-0.2, -0.15) is 0 Å². The van der Waals surface area contributed by atoms with Crippen LogP contribution >= 0.6 is 23.4 Å². The van der Waals surface area contributed by atoms with Crippen molar-refractivity contribution in [3.63, 3.8) is 0 Å². The summed E-state index contributed by atoms with van der Waals surface area (Å²) in [5, 5.41) is 3.61. The van der Waals surface area contributed by atoms with Gasteiger partial charge in [0.2, 0.25) is 0 Å². The van der Waals surface area contributed by atoms with Crippen LogP contribution in [0.4, 0.5) is 10.5 Å².